The first kappa shape index (κ1) is 11.1. The van der Waals surface area contributed by atoms with E-state index in [9.17, 15) is 5.11 Å². The Labute approximate surface area is 106 Å². The number of rotatable bonds is 2. The van der Waals surface area contributed by atoms with Crippen molar-refractivity contribution in [3.63, 3.8) is 0 Å². The average Bonchev–Trinajstić information content (AvgIpc) is 2.76. The lowest BCUT2D eigenvalue weighted by Gasteiger charge is -2.03. The topological polar surface area (TPSA) is 25.2 Å². The standard InChI is InChI=1S/C16H15NO/c1-17-15(11-18)10-14-9-13(7-8-16(14)17)12-5-3-2-4-6-12/h2-10,18H,11H2,1H3. The van der Waals surface area contributed by atoms with E-state index in [-0.39, 0.29) is 6.61 Å². The molecule has 18 heavy (non-hydrogen) atoms. The van der Waals surface area contributed by atoms with Crippen molar-refractivity contribution >= 4 is 10.9 Å². The summed E-state index contributed by atoms with van der Waals surface area (Å²) >= 11 is 0. The molecular formula is C16H15NO. The maximum Gasteiger partial charge on any atom is 0.0833 e. The molecule has 0 bridgehead atoms. The number of aliphatic hydroxyl groups is 1. The molecule has 3 rings (SSSR count). The second-order valence-electron chi connectivity index (χ2n) is 4.49. The maximum absolute atomic E-state index is 9.28. The van der Waals surface area contributed by atoms with Crippen LogP contribution in [0.1, 0.15) is 5.69 Å². The van der Waals surface area contributed by atoms with E-state index in [2.05, 4.69) is 30.3 Å². The smallest absolute Gasteiger partial charge is 0.0833 e. The summed E-state index contributed by atoms with van der Waals surface area (Å²) < 4.78 is 2.03. The van der Waals surface area contributed by atoms with Gasteiger partial charge in [0.1, 0.15) is 0 Å². The van der Waals surface area contributed by atoms with Crippen LogP contribution in [0.25, 0.3) is 22.0 Å². The molecular weight excluding hydrogens is 222 g/mol. The quantitative estimate of drug-likeness (QED) is 0.726. The minimum atomic E-state index is 0.0752. The monoisotopic (exact) mass is 237 g/mol. The summed E-state index contributed by atoms with van der Waals surface area (Å²) in [5, 5.41) is 10.5. The lowest BCUT2D eigenvalue weighted by molar-refractivity contribution is 0.273. The van der Waals surface area contributed by atoms with Crippen LogP contribution in [0.4, 0.5) is 0 Å². The van der Waals surface area contributed by atoms with Crippen LogP contribution in [0.2, 0.25) is 0 Å². The fraction of sp³-hybridized carbons (Fsp3) is 0.125. The van der Waals surface area contributed by atoms with Gasteiger partial charge < -0.3 is 9.67 Å². The van der Waals surface area contributed by atoms with Gasteiger partial charge in [-0.3, -0.25) is 0 Å². The van der Waals surface area contributed by atoms with E-state index in [4.69, 9.17) is 0 Å². The number of nitrogens with zero attached hydrogens (tertiary/aromatic N) is 1. The summed E-state index contributed by atoms with van der Waals surface area (Å²) in [6.45, 7) is 0.0752. The Balaban J connectivity index is 2.17. The van der Waals surface area contributed by atoms with Crippen molar-refractivity contribution in [2.24, 2.45) is 7.05 Å². The van der Waals surface area contributed by atoms with Gasteiger partial charge in [-0.2, -0.15) is 0 Å². The molecule has 1 N–H and O–H groups in total. The largest absolute Gasteiger partial charge is 0.390 e. The number of fused-ring (bicyclic) bond motifs is 1. The predicted molar refractivity (Wildman–Crippen MR) is 74.3 cm³/mol. The molecule has 0 aliphatic heterocycles. The minimum Gasteiger partial charge on any atom is -0.390 e. The Bertz CT molecular complexity index is 683. The van der Waals surface area contributed by atoms with E-state index >= 15 is 0 Å². The van der Waals surface area contributed by atoms with E-state index in [1.807, 2.05) is 35.9 Å². The normalized spacial score (nSPS) is 11.0. The fourth-order valence-electron chi connectivity index (χ4n) is 2.37. The number of aromatic nitrogens is 1. The van der Waals surface area contributed by atoms with Crippen molar-refractivity contribution in [1.82, 2.24) is 4.57 Å². The molecule has 0 aliphatic rings. The van der Waals surface area contributed by atoms with Crippen LogP contribution in [0.3, 0.4) is 0 Å². The summed E-state index contributed by atoms with van der Waals surface area (Å²) in [5.41, 5.74) is 4.51. The van der Waals surface area contributed by atoms with E-state index in [1.165, 1.54) is 16.5 Å². The number of benzene rings is 2. The van der Waals surface area contributed by atoms with E-state index in [0.717, 1.165) is 11.2 Å². The molecule has 0 unspecified atom stereocenters. The van der Waals surface area contributed by atoms with Gasteiger partial charge in [0, 0.05) is 23.6 Å². The maximum atomic E-state index is 9.28. The van der Waals surface area contributed by atoms with Crippen molar-refractivity contribution in [1.29, 1.82) is 0 Å². The minimum absolute atomic E-state index is 0.0752. The molecule has 0 atom stereocenters. The highest BCUT2D eigenvalue weighted by molar-refractivity contribution is 5.86. The second-order valence-corrected chi connectivity index (χ2v) is 4.49. The Kier molecular flexibility index (Phi) is 2.65. The lowest BCUT2D eigenvalue weighted by Crippen LogP contribution is -1.94. The van der Waals surface area contributed by atoms with E-state index in [1.54, 1.807) is 0 Å². The molecule has 1 heterocycles. The van der Waals surface area contributed by atoms with Crippen molar-refractivity contribution in [3.8, 4) is 11.1 Å². The molecule has 2 aromatic carbocycles. The number of aryl methyl sites for hydroxylation is 1. The molecule has 0 spiro atoms. The molecule has 0 saturated heterocycles. The zero-order valence-electron chi connectivity index (χ0n) is 10.3. The van der Waals surface area contributed by atoms with E-state index in [0.29, 0.717) is 0 Å². The Hall–Kier alpha value is -2.06. The average molecular weight is 237 g/mol. The number of hydrogen-bond donors (Lipinski definition) is 1. The van der Waals surface area contributed by atoms with Gasteiger partial charge in [-0.1, -0.05) is 36.4 Å². The summed E-state index contributed by atoms with van der Waals surface area (Å²) in [5.74, 6) is 0. The number of hydrogen-bond acceptors (Lipinski definition) is 1. The zero-order chi connectivity index (χ0) is 12.5. The first-order valence-electron chi connectivity index (χ1n) is 6.04. The molecule has 90 valence electrons. The van der Waals surface area contributed by atoms with Gasteiger partial charge in [-0.15, -0.1) is 0 Å². The summed E-state index contributed by atoms with van der Waals surface area (Å²) in [4.78, 5) is 0. The third-order valence-electron chi connectivity index (χ3n) is 3.41. The van der Waals surface area contributed by atoms with Crippen LogP contribution in [-0.4, -0.2) is 9.67 Å². The third kappa shape index (κ3) is 1.71. The van der Waals surface area contributed by atoms with Crippen molar-refractivity contribution in [2.75, 3.05) is 0 Å². The molecule has 0 amide bonds. The van der Waals surface area contributed by atoms with Crippen LogP contribution in [0.5, 0.6) is 0 Å². The van der Waals surface area contributed by atoms with Gasteiger partial charge >= 0.3 is 0 Å². The van der Waals surface area contributed by atoms with Crippen LogP contribution in [0.15, 0.2) is 54.6 Å². The zero-order valence-corrected chi connectivity index (χ0v) is 10.3. The van der Waals surface area contributed by atoms with Crippen LogP contribution in [0, 0.1) is 0 Å². The van der Waals surface area contributed by atoms with Gasteiger partial charge in [0.05, 0.1) is 6.61 Å². The third-order valence-corrected chi connectivity index (χ3v) is 3.41. The lowest BCUT2D eigenvalue weighted by atomic mass is 10.0. The SMILES string of the molecule is Cn1c(CO)cc2cc(-c3ccccc3)ccc21. The highest BCUT2D eigenvalue weighted by Crippen LogP contribution is 2.26. The first-order chi connectivity index (χ1) is 8.79. The van der Waals surface area contributed by atoms with Gasteiger partial charge in [-0.05, 0) is 29.3 Å². The Morgan fingerprint density at radius 3 is 2.44 bits per heavy atom. The van der Waals surface area contributed by atoms with Crippen LogP contribution in [-0.2, 0) is 13.7 Å². The molecule has 3 aromatic rings. The van der Waals surface area contributed by atoms with Gasteiger partial charge in [-0.25, -0.2) is 0 Å². The molecule has 0 aliphatic carbocycles. The Morgan fingerprint density at radius 2 is 1.72 bits per heavy atom. The van der Waals surface area contributed by atoms with Gasteiger partial charge in [0.2, 0.25) is 0 Å². The highest BCUT2D eigenvalue weighted by atomic mass is 16.3. The van der Waals surface area contributed by atoms with Crippen molar-refractivity contribution in [2.45, 2.75) is 6.61 Å². The van der Waals surface area contributed by atoms with Gasteiger partial charge in [0.25, 0.3) is 0 Å². The van der Waals surface area contributed by atoms with Crippen molar-refractivity contribution < 1.29 is 5.11 Å². The number of aliphatic hydroxyl groups excluding tert-OH is 1. The second kappa shape index (κ2) is 4.31. The summed E-state index contributed by atoms with van der Waals surface area (Å²) in [7, 11) is 1.98. The van der Waals surface area contributed by atoms with Crippen molar-refractivity contribution in [3.05, 3.63) is 60.3 Å². The molecule has 0 fully saturated rings. The molecule has 1 aromatic heterocycles. The van der Waals surface area contributed by atoms with Crippen LogP contribution < -0.4 is 0 Å². The molecule has 0 saturated carbocycles. The predicted octanol–water partition coefficient (Wildman–Crippen LogP) is 3.34. The summed E-state index contributed by atoms with van der Waals surface area (Å²) in [6.07, 6.45) is 0. The fourth-order valence-corrected chi connectivity index (χ4v) is 2.37. The molecule has 0 radical (unpaired) electrons. The van der Waals surface area contributed by atoms with Crippen LogP contribution >= 0.6 is 0 Å². The molecule has 2 nitrogen and oxygen atoms in total. The molecule has 2 heteroatoms. The Morgan fingerprint density at radius 1 is 0.944 bits per heavy atom. The van der Waals surface area contributed by atoms with Gasteiger partial charge in [0.15, 0.2) is 0 Å². The summed E-state index contributed by atoms with van der Waals surface area (Å²) in [6, 6.07) is 18.8. The highest BCUT2D eigenvalue weighted by Gasteiger charge is 2.06. The first-order valence-corrected chi connectivity index (χ1v) is 6.04. The van der Waals surface area contributed by atoms with E-state index < -0.39 is 0 Å².